The number of phenols is 1. The second kappa shape index (κ2) is 5.83. The quantitative estimate of drug-likeness (QED) is 0.356. The summed E-state index contributed by atoms with van der Waals surface area (Å²) in [5, 5.41) is 20.2. The van der Waals surface area contributed by atoms with E-state index in [4.69, 9.17) is 4.74 Å². The summed E-state index contributed by atoms with van der Waals surface area (Å²) in [5.74, 6) is -0.577. The highest BCUT2D eigenvalue weighted by Gasteiger charge is 2.19. The van der Waals surface area contributed by atoms with Crippen molar-refractivity contribution < 1.29 is 19.6 Å². The van der Waals surface area contributed by atoms with E-state index in [1.165, 1.54) is 6.07 Å². The van der Waals surface area contributed by atoms with Crippen molar-refractivity contribution in [2.24, 2.45) is 0 Å². The average Bonchev–Trinajstić information content (AvgIpc) is 2.31. The standard InChI is InChI=1S/C11H13NO5/c1-2-3-4-17-10-6-8(7-13)5-9(11(10)14)12(15)16/h5-7,14H,2-4H2,1H3. The van der Waals surface area contributed by atoms with Gasteiger partial charge in [-0.25, -0.2) is 0 Å². The smallest absolute Gasteiger partial charge is 0.315 e. The van der Waals surface area contributed by atoms with Gasteiger partial charge in [-0.2, -0.15) is 0 Å². The molecular weight excluding hydrogens is 226 g/mol. The lowest BCUT2D eigenvalue weighted by Gasteiger charge is -2.08. The van der Waals surface area contributed by atoms with E-state index in [1.54, 1.807) is 0 Å². The van der Waals surface area contributed by atoms with Crippen LogP contribution in [0.3, 0.4) is 0 Å². The zero-order chi connectivity index (χ0) is 12.8. The van der Waals surface area contributed by atoms with Crippen molar-refractivity contribution in [3.63, 3.8) is 0 Å². The van der Waals surface area contributed by atoms with Crippen LogP contribution in [0.5, 0.6) is 11.5 Å². The molecule has 0 atom stereocenters. The minimum absolute atomic E-state index is 0.0326. The van der Waals surface area contributed by atoms with Crippen molar-refractivity contribution in [2.75, 3.05) is 6.61 Å². The van der Waals surface area contributed by atoms with Gasteiger partial charge in [0, 0.05) is 11.6 Å². The molecule has 0 heterocycles. The van der Waals surface area contributed by atoms with Gasteiger partial charge in [0.25, 0.3) is 0 Å². The van der Waals surface area contributed by atoms with Gasteiger partial charge in [0.05, 0.1) is 11.5 Å². The van der Waals surface area contributed by atoms with Gasteiger partial charge in [0.15, 0.2) is 5.75 Å². The largest absolute Gasteiger partial charge is 0.500 e. The number of unbranched alkanes of at least 4 members (excludes halogenated alkanes) is 1. The highest BCUT2D eigenvalue weighted by molar-refractivity contribution is 5.79. The zero-order valence-electron chi connectivity index (χ0n) is 9.38. The van der Waals surface area contributed by atoms with Crippen LogP contribution in [0.1, 0.15) is 30.1 Å². The molecule has 0 aromatic heterocycles. The number of benzene rings is 1. The second-order valence-corrected chi connectivity index (χ2v) is 3.46. The molecule has 0 aliphatic heterocycles. The van der Waals surface area contributed by atoms with E-state index in [2.05, 4.69) is 0 Å². The van der Waals surface area contributed by atoms with E-state index in [1.807, 2.05) is 6.92 Å². The fourth-order valence-electron chi connectivity index (χ4n) is 1.26. The molecule has 6 heteroatoms. The van der Waals surface area contributed by atoms with Crippen LogP contribution in [0, 0.1) is 10.1 Å². The summed E-state index contributed by atoms with van der Waals surface area (Å²) in [6, 6.07) is 2.29. The number of nitrogens with zero attached hydrogens (tertiary/aromatic N) is 1. The fraction of sp³-hybridized carbons (Fsp3) is 0.364. The van der Waals surface area contributed by atoms with E-state index < -0.39 is 16.4 Å². The number of hydrogen-bond acceptors (Lipinski definition) is 5. The number of rotatable bonds is 6. The van der Waals surface area contributed by atoms with Crippen LogP contribution in [0.2, 0.25) is 0 Å². The molecule has 92 valence electrons. The van der Waals surface area contributed by atoms with Gasteiger partial charge < -0.3 is 9.84 Å². The topological polar surface area (TPSA) is 89.7 Å². The molecule has 0 unspecified atom stereocenters. The molecule has 0 saturated carbocycles. The normalized spacial score (nSPS) is 9.94. The van der Waals surface area contributed by atoms with E-state index in [-0.39, 0.29) is 11.3 Å². The molecule has 1 aromatic rings. The van der Waals surface area contributed by atoms with Gasteiger partial charge in [-0.05, 0) is 12.5 Å². The first-order valence-corrected chi connectivity index (χ1v) is 5.19. The molecule has 0 fully saturated rings. The second-order valence-electron chi connectivity index (χ2n) is 3.46. The minimum atomic E-state index is -0.755. The number of ether oxygens (including phenoxy) is 1. The van der Waals surface area contributed by atoms with Crippen LogP contribution in [0.4, 0.5) is 5.69 Å². The molecule has 0 radical (unpaired) electrons. The number of carbonyl (C=O) groups excluding carboxylic acids is 1. The molecule has 17 heavy (non-hydrogen) atoms. The van der Waals surface area contributed by atoms with E-state index >= 15 is 0 Å². The van der Waals surface area contributed by atoms with Crippen LogP contribution in [0.15, 0.2) is 12.1 Å². The highest BCUT2D eigenvalue weighted by atomic mass is 16.6. The first-order chi connectivity index (χ1) is 8.10. The molecule has 1 N–H and O–H groups in total. The predicted molar refractivity (Wildman–Crippen MR) is 60.6 cm³/mol. The zero-order valence-corrected chi connectivity index (χ0v) is 9.38. The van der Waals surface area contributed by atoms with Gasteiger partial charge in [-0.1, -0.05) is 13.3 Å². The number of aldehydes is 1. The Balaban J connectivity index is 3.06. The number of phenolic OH excluding ortho intramolecular Hbond substituents is 1. The third-order valence-electron chi connectivity index (χ3n) is 2.17. The van der Waals surface area contributed by atoms with E-state index in [0.29, 0.717) is 12.9 Å². The number of nitro benzene ring substituents is 1. The summed E-state index contributed by atoms with van der Waals surface area (Å²) >= 11 is 0. The molecule has 1 aromatic carbocycles. The Bertz CT molecular complexity index is 430. The van der Waals surface area contributed by atoms with Gasteiger partial charge in [0.2, 0.25) is 5.75 Å². The SMILES string of the molecule is CCCCOc1cc(C=O)cc([N+](=O)[O-])c1O. The maximum Gasteiger partial charge on any atom is 0.315 e. The molecule has 0 amide bonds. The Morgan fingerprint density at radius 3 is 2.76 bits per heavy atom. The lowest BCUT2D eigenvalue weighted by atomic mass is 10.2. The van der Waals surface area contributed by atoms with Crippen LogP contribution >= 0.6 is 0 Å². The van der Waals surface area contributed by atoms with Crippen LogP contribution in [-0.2, 0) is 0 Å². The molecule has 6 nitrogen and oxygen atoms in total. The summed E-state index contributed by atoms with van der Waals surface area (Å²) in [6.45, 7) is 2.30. The van der Waals surface area contributed by atoms with E-state index in [0.717, 1.165) is 18.9 Å². The molecule has 0 bridgehead atoms. The van der Waals surface area contributed by atoms with Crippen LogP contribution in [-0.4, -0.2) is 22.9 Å². The predicted octanol–water partition coefficient (Wildman–Crippen LogP) is 2.29. The summed E-state index contributed by atoms with van der Waals surface area (Å²) in [6.07, 6.45) is 2.13. The summed E-state index contributed by atoms with van der Waals surface area (Å²) in [4.78, 5) is 20.5. The Morgan fingerprint density at radius 1 is 1.53 bits per heavy atom. The van der Waals surface area contributed by atoms with Gasteiger partial charge in [-0.3, -0.25) is 14.9 Å². The highest BCUT2D eigenvalue weighted by Crippen LogP contribution is 2.36. The third kappa shape index (κ3) is 3.17. The van der Waals surface area contributed by atoms with Crippen molar-refractivity contribution >= 4 is 12.0 Å². The van der Waals surface area contributed by atoms with Gasteiger partial charge >= 0.3 is 5.69 Å². The fourth-order valence-corrected chi connectivity index (χ4v) is 1.26. The van der Waals surface area contributed by atoms with Crippen molar-refractivity contribution in [3.05, 3.63) is 27.8 Å². The molecule has 0 aliphatic rings. The van der Waals surface area contributed by atoms with Crippen molar-refractivity contribution in [1.82, 2.24) is 0 Å². The number of aromatic hydroxyl groups is 1. The van der Waals surface area contributed by atoms with Crippen LogP contribution in [0.25, 0.3) is 0 Å². The first kappa shape index (κ1) is 13.0. The summed E-state index contributed by atoms with van der Waals surface area (Å²) in [7, 11) is 0. The minimum Gasteiger partial charge on any atom is -0.500 e. The maximum absolute atomic E-state index is 10.6. The van der Waals surface area contributed by atoms with Crippen molar-refractivity contribution in [3.8, 4) is 11.5 Å². The van der Waals surface area contributed by atoms with E-state index in [9.17, 15) is 20.0 Å². The Labute approximate surface area is 98.0 Å². The van der Waals surface area contributed by atoms with Crippen molar-refractivity contribution in [2.45, 2.75) is 19.8 Å². The number of hydrogen-bond donors (Lipinski definition) is 1. The molecular formula is C11H13NO5. The lowest BCUT2D eigenvalue weighted by Crippen LogP contribution is -1.99. The van der Waals surface area contributed by atoms with Gasteiger partial charge in [-0.15, -0.1) is 0 Å². The first-order valence-electron chi connectivity index (χ1n) is 5.19. The molecule has 0 saturated heterocycles. The molecule has 0 aliphatic carbocycles. The monoisotopic (exact) mass is 239 g/mol. The lowest BCUT2D eigenvalue weighted by molar-refractivity contribution is -0.386. The number of carbonyl (C=O) groups is 1. The molecule has 0 spiro atoms. The molecule has 1 rings (SSSR count). The Kier molecular flexibility index (Phi) is 4.45. The summed E-state index contributed by atoms with van der Waals surface area (Å²) < 4.78 is 5.20. The van der Waals surface area contributed by atoms with Gasteiger partial charge in [0.1, 0.15) is 6.29 Å². The Morgan fingerprint density at radius 2 is 2.24 bits per heavy atom. The average molecular weight is 239 g/mol. The van der Waals surface area contributed by atoms with Crippen molar-refractivity contribution in [1.29, 1.82) is 0 Å². The maximum atomic E-state index is 10.6. The summed E-state index contributed by atoms with van der Waals surface area (Å²) in [5.41, 5.74) is -0.429. The Hall–Kier alpha value is -2.11. The van der Waals surface area contributed by atoms with Crippen LogP contribution < -0.4 is 4.74 Å². The third-order valence-corrected chi connectivity index (χ3v) is 2.17. The number of nitro groups is 1.